The number of nitrogens with zero attached hydrogens (tertiary/aromatic N) is 3. The summed E-state index contributed by atoms with van der Waals surface area (Å²) in [5.74, 6) is -0.367. The fourth-order valence-corrected chi connectivity index (χ4v) is 1.90. The van der Waals surface area contributed by atoms with Gasteiger partial charge in [-0.3, -0.25) is 4.79 Å². The van der Waals surface area contributed by atoms with E-state index in [-0.39, 0.29) is 12.5 Å². The van der Waals surface area contributed by atoms with Gasteiger partial charge in [-0.1, -0.05) is 43.2 Å². The van der Waals surface area contributed by atoms with E-state index in [1.807, 2.05) is 24.3 Å². The number of azide groups is 1. The number of aliphatic carboxylic acids is 1. The van der Waals surface area contributed by atoms with Crippen LogP contribution in [-0.4, -0.2) is 11.1 Å². The first kappa shape index (κ1) is 15.1. The van der Waals surface area contributed by atoms with Gasteiger partial charge >= 0.3 is 5.97 Å². The lowest BCUT2D eigenvalue weighted by Crippen LogP contribution is -1.99. The molecule has 0 saturated carbocycles. The zero-order valence-electron chi connectivity index (χ0n) is 11.3. The molecule has 0 saturated heterocycles. The highest BCUT2D eigenvalue weighted by Gasteiger charge is 2.11. The highest BCUT2D eigenvalue weighted by molar-refractivity contribution is 5.66. The minimum absolute atomic E-state index is 0.0987. The van der Waals surface area contributed by atoms with E-state index in [2.05, 4.69) is 23.9 Å². The van der Waals surface area contributed by atoms with Crippen molar-refractivity contribution in [2.24, 2.45) is 5.11 Å². The predicted octanol–water partition coefficient (Wildman–Crippen LogP) is 4.42. The third-order valence-electron chi connectivity index (χ3n) is 3.05. The molecule has 0 aliphatic rings. The Morgan fingerprint density at radius 2 is 1.89 bits per heavy atom. The molecule has 0 radical (unpaired) electrons. The van der Waals surface area contributed by atoms with E-state index in [0.29, 0.717) is 18.8 Å². The van der Waals surface area contributed by atoms with E-state index in [1.165, 1.54) is 5.56 Å². The Kier molecular flexibility index (Phi) is 5.90. The molecule has 1 aromatic rings. The fraction of sp³-hybridized carbons (Fsp3) is 0.500. The smallest absolute Gasteiger partial charge is 0.303 e. The van der Waals surface area contributed by atoms with Crippen LogP contribution in [0, 0.1) is 0 Å². The van der Waals surface area contributed by atoms with Crippen LogP contribution >= 0.6 is 0 Å². The SMILES string of the molecule is CC(C)c1ccc(C(CCCC(=O)O)N=[N+]=[N-])cc1. The fourth-order valence-electron chi connectivity index (χ4n) is 1.90. The van der Waals surface area contributed by atoms with E-state index in [1.54, 1.807) is 0 Å². The average molecular weight is 261 g/mol. The van der Waals surface area contributed by atoms with Gasteiger partial charge in [-0.2, -0.15) is 0 Å². The second-order valence-electron chi connectivity index (χ2n) is 4.83. The van der Waals surface area contributed by atoms with Crippen molar-refractivity contribution in [2.45, 2.75) is 45.1 Å². The summed E-state index contributed by atoms with van der Waals surface area (Å²) >= 11 is 0. The topological polar surface area (TPSA) is 86.1 Å². The lowest BCUT2D eigenvalue weighted by molar-refractivity contribution is -0.137. The number of carbonyl (C=O) groups is 1. The van der Waals surface area contributed by atoms with Crippen LogP contribution in [0.3, 0.4) is 0 Å². The van der Waals surface area contributed by atoms with Crippen LogP contribution in [0.1, 0.15) is 56.2 Å². The minimum atomic E-state index is -0.824. The first-order valence-corrected chi connectivity index (χ1v) is 6.40. The molecule has 102 valence electrons. The number of benzene rings is 1. The van der Waals surface area contributed by atoms with Gasteiger partial charge < -0.3 is 5.11 Å². The minimum Gasteiger partial charge on any atom is -0.481 e. The first-order valence-electron chi connectivity index (χ1n) is 6.40. The molecular weight excluding hydrogens is 242 g/mol. The number of hydrogen-bond acceptors (Lipinski definition) is 2. The van der Waals surface area contributed by atoms with E-state index in [0.717, 1.165) is 5.56 Å². The summed E-state index contributed by atoms with van der Waals surface area (Å²) in [5.41, 5.74) is 10.8. The van der Waals surface area contributed by atoms with Gasteiger partial charge in [0, 0.05) is 11.3 Å². The van der Waals surface area contributed by atoms with E-state index >= 15 is 0 Å². The van der Waals surface area contributed by atoms with Gasteiger partial charge in [-0.25, -0.2) is 0 Å². The highest BCUT2D eigenvalue weighted by Crippen LogP contribution is 2.25. The Morgan fingerprint density at radius 1 is 1.32 bits per heavy atom. The van der Waals surface area contributed by atoms with Gasteiger partial charge in [0.1, 0.15) is 0 Å². The quantitative estimate of drug-likeness (QED) is 0.447. The number of carboxylic acid groups (broad SMARTS) is 1. The molecule has 0 aliphatic heterocycles. The standard InChI is InChI=1S/C14H19N3O2/c1-10(2)11-6-8-12(9-7-11)13(16-17-15)4-3-5-14(18)19/h6-10,13H,3-5H2,1-2H3,(H,18,19). The summed E-state index contributed by atoms with van der Waals surface area (Å²) < 4.78 is 0. The molecule has 1 rings (SSSR count). The Balaban J connectivity index is 2.75. The maximum atomic E-state index is 10.5. The molecule has 5 nitrogen and oxygen atoms in total. The molecule has 19 heavy (non-hydrogen) atoms. The molecule has 1 aromatic carbocycles. The molecule has 1 unspecified atom stereocenters. The van der Waals surface area contributed by atoms with Gasteiger partial charge in [0.2, 0.25) is 0 Å². The first-order chi connectivity index (χ1) is 9.04. The Labute approximate surface area is 112 Å². The monoisotopic (exact) mass is 261 g/mol. The third-order valence-corrected chi connectivity index (χ3v) is 3.05. The summed E-state index contributed by atoms with van der Waals surface area (Å²) in [6, 6.07) is 7.67. The van der Waals surface area contributed by atoms with Gasteiger partial charge in [0.25, 0.3) is 0 Å². The van der Waals surface area contributed by atoms with Crippen LogP contribution in [0.5, 0.6) is 0 Å². The number of rotatable bonds is 7. The molecule has 1 atom stereocenters. The van der Waals surface area contributed by atoms with Crippen molar-refractivity contribution in [3.63, 3.8) is 0 Å². The molecule has 0 aliphatic carbocycles. The van der Waals surface area contributed by atoms with Gasteiger partial charge in [0.15, 0.2) is 0 Å². The van der Waals surface area contributed by atoms with Crippen molar-refractivity contribution in [3.05, 3.63) is 45.8 Å². The van der Waals surface area contributed by atoms with Crippen molar-refractivity contribution < 1.29 is 9.90 Å². The Hall–Kier alpha value is -2.00. The predicted molar refractivity (Wildman–Crippen MR) is 73.9 cm³/mol. The van der Waals surface area contributed by atoms with Crippen LogP contribution in [0.25, 0.3) is 10.4 Å². The zero-order valence-corrected chi connectivity index (χ0v) is 11.3. The lowest BCUT2D eigenvalue weighted by atomic mass is 9.97. The molecule has 1 N–H and O–H groups in total. The molecule has 0 fully saturated rings. The molecule has 0 spiro atoms. The molecular formula is C14H19N3O2. The average Bonchev–Trinajstić information content (AvgIpc) is 2.37. The molecule has 0 amide bonds. The van der Waals surface area contributed by atoms with Crippen LogP contribution in [0.4, 0.5) is 0 Å². The van der Waals surface area contributed by atoms with Crippen molar-refractivity contribution in [3.8, 4) is 0 Å². The summed E-state index contributed by atoms with van der Waals surface area (Å²) in [6.45, 7) is 4.24. The normalized spacial score (nSPS) is 11.9. The molecule has 0 heterocycles. The highest BCUT2D eigenvalue weighted by atomic mass is 16.4. The third kappa shape index (κ3) is 5.02. The van der Waals surface area contributed by atoms with Crippen molar-refractivity contribution in [2.75, 3.05) is 0 Å². The summed E-state index contributed by atoms with van der Waals surface area (Å²) in [6.07, 6.45) is 1.16. The second-order valence-corrected chi connectivity index (χ2v) is 4.83. The summed E-state index contributed by atoms with van der Waals surface area (Å²) in [5, 5.41) is 12.4. The van der Waals surface area contributed by atoms with E-state index in [4.69, 9.17) is 10.6 Å². The maximum absolute atomic E-state index is 10.5. The van der Waals surface area contributed by atoms with Crippen LogP contribution < -0.4 is 0 Å². The van der Waals surface area contributed by atoms with E-state index < -0.39 is 5.97 Å². The van der Waals surface area contributed by atoms with Crippen LogP contribution in [-0.2, 0) is 4.79 Å². The number of carboxylic acids is 1. The van der Waals surface area contributed by atoms with Crippen LogP contribution in [0.2, 0.25) is 0 Å². The van der Waals surface area contributed by atoms with E-state index in [9.17, 15) is 4.79 Å². The van der Waals surface area contributed by atoms with Gasteiger partial charge in [-0.05, 0) is 35.4 Å². The van der Waals surface area contributed by atoms with Crippen molar-refractivity contribution >= 4 is 5.97 Å². The summed E-state index contributed by atoms with van der Waals surface area (Å²) in [4.78, 5) is 13.3. The maximum Gasteiger partial charge on any atom is 0.303 e. The Bertz CT molecular complexity index is 462. The van der Waals surface area contributed by atoms with Crippen LogP contribution in [0.15, 0.2) is 29.4 Å². The van der Waals surface area contributed by atoms with Gasteiger partial charge in [-0.15, -0.1) is 0 Å². The van der Waals surface area contributed by atoms with Crippen molar-refractivity contribution in [1.82, 2.24) is 0 Å². The zero-order chi connectivity index (χ0) is 14.3. The van der Waals surface area contributed by atoms with Crippen molar-refractivity contribution in [1.29, 1.82) is 0 Å². The molecule has 5 heteroatoms. The summed E-state index contributed by atoms with van der Waals surface area (Å²) in [7, 11) is 0. The second kappa shape index (κ2) is 7.44. The Morgan fingerprint density at radius 3 is 2.37 bits per heavy atom. The molecule has 0 aromatic heterocycles. The molecule has 0 bridgehead atoms. The number of hydrogen-bond donors (Lipinski definition) is 1. The largest absolute Gasteiger partial charge is 0.481 e. The van der Waals surface area contributed by atoms with Gasteiger partial charge in [0.05, 0.1) is 6.04 Å². The lowest BCUT2D eigenvalue weighted by Gasteiger charge is -2.12.